The van der Waals surface area contributed by atoms with Crippen LogP contribution in [-0.4, -0.2) is 4.98 Å². The summed E-state index contributed by atoms with van der Waals surface area (Å²) in [6, 6.07) is 11.2. The second-order valence-corrected chi connectivity index (χ2v) is 4.93. The van der Waals surface area contributed by atoms with Gasteiger partial charge in [0.15, 0.2) is 5.58 Å². The van der Waals surface area contributed by atoms with E-state index in [1.165, 1.54) is 0 Å². The minimum Gasteiger partial charge on any atom is -0.436 e. The monoisotopic (exact) mass is 277 g/mol. The number of rotatable bonds is 1. The Labute approximate surface area is 114 Å². The molecule has 2 nitrogen and oxygen atoms in total. The highest BCUT2D eigenvalue weighted by atomic mass is 35.5. The molecule has 0 aliphatic heterocycles. The number of nitrogens with zero attached hydrogens (tertiary/aromatic N) is 1. The summed E-state index contributed by atoms with van der Waals surface area (Å²) in [5, 5.41) is 1.01. The van der Waals surface area contributed by atoms with Crippen LogP contribution in [-0.2, 0) is 0 Å². The maximum absolute atomic E-state index is 5.99. The van der Waals surface area contributed by atoms with Crippen molar-refractivity contribution in [2.45, 2.75) is 6.92 Å². The van der Waals surface area contributed by atoms with Crippen molar-refractivity contribution in [3.63, 3.8) is 0 Å². The van der Waals surface area contributed by atoms with Gasteiger partial charge in [-0.05, 0) is 42.8 Å². The van der Waals surface area contributed by atoms with Crippen molar-refractivity contribution >= 4 is 34.3 Å². The maximum atomic E-state index is 5.99. The van der Waals surface area contributed by atoms with E-state index < -0.39 is 0 Å². The molecule has 90 valence electrons. The highest BCUT2D eigenvalue weighted by Crippen LogP contribution is 2.30. The van der Waals surface area contributed by atoms with Gasteiger partial charge in [-0.15, -0.1) is 0 Å². The van der Waals surface area contributed by atoms with E-state index >= 15 is 0 Å². The van der Waals surface area contributed by atoms with Gasteiger partial charge in [0.25, 0.3) is 0 Å². The predicted octanol–water partition coefficient (Wildman–Crippen LogP) is 5.11. The van der Waals surface area contributed by atoms with Crippen LogP contribution < -0.4 is 0 Å². The van der Waals surface area contributed by atoms with Crippen LogP contribution in [0.3, 0.4) is 0 Å². The van der Waals surface area contributed by atoms with Crippen molar-refractivity contribution < 1.29 is 4.42 Å². The van der Waals surface area contributed by atoms with Crippen LogP contribution >= 0.6 is 23.2 Å². The number of fused-ring (bicyclic) bond motifs is 1. The molecule has 0 saturated carbocycles. The second kappa shape index (κ2) is 4.30. The number of benzene rings is 2. The Morgan fingerprint density at radius 1 is 1.00 bits per heavy atom. The number of aryl methyl sites for hydroxylation is 1. The minimum atomic E-state index is 0.493. The van der Waals surface area contributed by atoms with Crippen LogP contribution in [0.2, 0.25) is 10.0 Å². The average Bonchev–Trinajstić information content (AvgIpc) is 2.75. The van der Waals surface area contributed by atoms with Crippen molar-refractivity contribution in [1.29, 1.82) is 0 Å². The van der Waals surface area contributed by atoms with Gasteiger partial charge in [-0.25, -0.2) is 4.98 Å². The molecule has 2 aromatic carbocycles. The van der Waals surface area contributed by atoms with Crippen molar-refractivity contribution in [2.24, 2.45) is 0 Å². The standard InChI is InChI=1S/C14H9Cl2NO/c1-8-2-5-12-13(6-8)18-14(17-12)9-3-4-10(15)11(16)7-9/h2-7H,1H3. The Kier molecular flexibility index (Phi) is 2.77. The zero-order valence-electron chi connectivity index (χ0n) is 9.58. The van der Waals surface area contributed by atoms with E-state index in [4.69, 9.17) is 27.6 Å². The molecule has 3 rings (SSSR count). The Balaban J connectivity index is 2.16. The molecule has 0 amide bonds. The Morgan fingerprint density at radius 2 is 1.83 bits per heavy atom. The highest BCUT2D eigenvalue weighted by Gasteiger charge is 2.09. The molecule has 0 aliphatic carbocycles. The van der Waals surface area contributed by atoms with Gasteiger partial charge < -0.3 is 4.42 Å². The van der Waals surface area contributed by atoms with Crippen LogP contribution in [0, 0.1) is 6.92 Å². The number of hydrogen-bond donors (Lipinski definition) is 0. The van der Waals surface area contributed by atoms with Crippen LogP contribution in [0.4, 0.5) is 0 Å². The molecular formula is C14H9Cl2NO. The van der Waals surface area contributed by atoms with Gasteiger partial charge >= 0.3 is 0 Å². The summed E-state index contributed by atoms with van der Waals surface area (Å²) < 4.78 is 5.72. The molecule has 1 aromatic heterocycles. The van der Waals surface area contributed by atoms with E-state index in [0.717, 1.165) is 22.2 Å². The molecule has 0 spiro atoms. The zero-order valence-corrected chi connectivity index (χ0v) is 11.1. The molecule has 0 fully saturated rings. The Bertz CT molecular complexity index is 734. The van der Waals surface area contributed by atoms with E-state index in [1.54, 1.807) is 12.1 Å². The first kappa shape index (κ1) is 11.6. The molecule has 0 bridgehead atoms. The summed E-state index contributed by atoms with van der Waals surface area (Å²) in [6.07, 6.45) is 0. The predicted molar refractivity (Wildman–Crippen MR) is 74.2 cm³/mol. The van der Waals surface area contributed by atoms with Gasteiger partial charge in [-0.2, -0.15) is 0 Å². The molecule has 0 N–H and O–H groups in total. The zero-order chi connectivity index (χ0) is 12.7. The largest absolute Gasteiger partial charge is 0.436 e. The minimum absolute atomic E-state index is 0.493. The summed E-state index contributed by atoms with van der Waals surface area (Å²) in [4.78, 5) is 4.43. The second-order valence-electron chi connectivity index (χ2n) is 4.12. The average molecular weight is 278 g/mol. The normalized spacial score (nSPS) is 11.1. The van der Waals surface area contributed by atoms with Crippen LogP contribution in [0.1, 0.15) is 5.56 Å². The SMILES string of the molecule is Cc1ccc2nc(-c3ccc(Cl)c(Cl)c3)oc2c1. The number of hydrogen-bond acceptors (Lipinski definition) is 2. The fourth-order valence-electron chi connectivity index (χ4n) is 1.78. The molecule has 0 radical (unpaired) electrons. The Hall–Kier alpha value is -1.51. The van der Waals surface area contributed by atoms with Gasteiger partial charge in [0.2, 0.25) is 5.89 Å². The van der Waals surface area contributed by atoms with E-state index in [9.17, 15) is 0 Å². The van der Waals surface area contributed by atoms with E-state index in [-0.39, 0.29) is 0 Å². The van der Waals surface area contributed by atoms with Crippen molar-refractivity contribution in [1.82, 2.24) is 4.98 Å². The summed E-state index contributed by atoms with van der Waals surface area (Å²) in [5.74, 6) is 0.550. The van der Waals surface area contributed by atoms with Crippen molar-refractivity contribution in [3.05, 3.63) is 52.0 Å². The van der Waals surface area contributed by atoms with Crippen LogP contribution in [0.25, 0.3) is 22.6 Å². The molecule has 3 aromatic rings. The summed E-state index contributed by atoms with van der Waals surface area (Å²) in [7, 11) is 0. The lowest BCUT2D eigenvalue weighted by atomic mass is 10.2. The molecule has 0 unspecified atom stereocenters. The van der Waals surface area contributed by atoms with Gasteiger partial charge in [-0.1, -0.05) is 29.3 Å². The van der Waals surface area contributed by atoms with Crippen LogP contribution in [0.5, 0.6) is 0 Å². The molecular weight excluding hydrogens is 269 g/mol. The smallest absolute Gasteiger partial charge is 0.227 e. The molecule has 4 heteroatoms. The summed E-state index contributed by atoms with van der Waals surface area (Å²) in [6.45, 7) is 2.01. The van der Waals surface area contributed by atoms with Crippen molar-refractivity contribution in [2.75, 3.05) is 0 Å². The summed E-state index contributed by atoms with van der Waals surface area (Å²) in [5.41, 5.74) is 3.57. The highest BCUT2D eigenvalue weighted by molar-refractivity contribution is 6.42. The number of aromatic nitrogens is 1. The first-order chi connectivity index (χ1) is 8.63. The fraction of sp³-hybridized carbons (Fsp3) is 0.0714. The first-order valence-electron chi connectivity index (χ1n) is 5.46. The molecule has 0 aliphatic rings. The van der Waals surface area contributed by atoms with E-state index in [2.05, 4.69) is 4.98 Å². The van der Waals surface area contributed by atoms with Gasteiger partial charge in [0.05, 0.1) is 10.0 Å². The van der Waals surface area contributed by atoms with E-state index in [0.29, 0.717) is 15.9 Å². The lowest BCUT2D eigenvalue weighted by molar-refractivity contribution is 0.619. The molecule has 1 heterocycles. The number of oxazole rings is 1. The fourth-order valence-corrected chi connectivity index (χ4v) is 2.08. The topological polar surface area (TPSA) is 26.0 Å². The van der Waals surface area contributed by atoms with Gasteiger partial charge in [0.1, 0.15) is 5.52 Å². The van der Waals surface area contributed by atoms with Crippen molar-refractivity contribution in [3.8, 4) is 11.5 Å². The lowest BCUT2D eigenvalue weighted by Crippen LogP contribution is -1.77. The third-order valence-electron chi connectivity index (χ3n) is 2.71. The Morgan fingerprint density at radius 3 is 2.61 bits per heavy atom. The summed E-state index contributed by atoms with van der Waals surface area (Å²) >= 11 is 11.9. The third-order valence-corrected chi connectivity index (χ3v) is 3.45. The quantitative estimate of drug-likeness (QED) is 0.618. The van der Waals surface area contributed by atoms with Gasteiger partial charge in [0, 0.05) is 5.56 Å². The lowest BCUT2D eigenvalue weighted by Gasteiger charge is -1.97. The van der Waals surface area contributed by atoms with E-state index in [1.807, 2.05) is 31.2 Å². The molecule has 18 heavy (non-hydrogen) atoms. The third kappa shape index (κ3) is 1.98. The first-order valence-corrected chi connectivity index (χ1v) is 6.22. The van der Waals surface area contributed by atoms with Gasteiger partial charge in [-0.3, -0.25) is 0 Å². The maximum Gasteiger partial charge on any atom is 0.227 e. The molecule has 0 atom stereocenters. The van der Waals surface area contributed by atoms with Crippen LogP contribution in [0.15, 0.2) is 40.8 Å². The molecule has 0 saturated heterocycles. The number of halogens is 2.